The fourth-order valence-electron chi connectivity index (χ4n) is 1.82. The van der Waals surface area contributed by atoms with E-state index < -0.39 is 5.97 Å². The van der Waals surface area contributed by atoms with E-state index in [2.05, 4.69) is 15.9 Å². The highest BCUT2D eigenvalue weighted by Gasteiger charge is 2.14. The number of methoxy groups -OCH3 is 2. The number of carbonyl (C=O) groups is 1. The van der Waals surface area contributed by atoms with Gasteiger partial charge in [-0.1, -0.05) is 0 Å². The summed E-state index contributed by atoms with van der Waals surface area (Å²) in [6.07, 6.45) is 0. The molecule has 5 nitrogen and oxygen atoms in total. The van der Waals surface area contributed by atoms with Gasteiger partial charge in [0, 0.05) is 0 Å². The first-order valence-corrected chi connectivity index (χ1v) is 6.98. The van der Waals surface area contributed by atoms with E-state index in [4.69, 9.17) is 18.6 Å². The Hall–Kier alpha value is -1.95. The number of benzene rings is 1. The van der Waals surface area contributed by atoms with E-state index in [9.17, 15) is 4.79 Å². The number of halogens is 1. The van der Waals surface area contributed by atoms with Gasteiger partial charge < -0.3 is 18.6 Å². The monoisotopic (exact) mass is 354 g/mol. The zero-order valence-electron chi connectivity index (χ0n) is 11.9. The minimum atomic E-state index is -0.519. The summed E-state index contributed by atoms with van der Waals surface area (Å²) in [5.41, 5.74) is 1.78. The molecule has 0 amide bonds. The third-order valence-electron chi connectivity index (χ3n) is 2.98. The van der Waals surface area contributed by atoms with Gasteiger partial charge in [-0.3, -0.25) is 0 Å². The van der Waals surface area contributed by atoms with Gasteiger partial charge in [-0.15, -0.1) is 0 Å². The normalized spacial score (nSPS) is 10.3. The van der Waals surface area contributed by atoms with Crippen molar-refractivity contribution < 1.29 is 23.4 Å². The Labute approximate surface area is 130 Å². The Morgan fingerprint density at radius 2 is 1.86 bits per heavy atom. The van der Waals surface area contributed by atoms with Crippen LogP contribution in [-0.4, -0.2) is 20.2 Å². The Morgan fingerprint density at radius 3 is 2.43 bits per heavy atom. The van der Waals surface area contributed by atoms with E-state index in [1.807, 2.05) is 13.0 Å². The number of rotatable bonds is 5. The van der Waals surface area contributed by atoms with Crippen molar-refractivity contribution in [2.75, 3.05) is 14.2 Å². The third kappa shape index (κ3) is 3.58. The predicted molar refractivity (Wildman–Crippen MR) is 79.8 cm³/mol. The molecule has 0 spiro atoms. The summed E-state index contributed by atoms with van der Waals surface area (Å²) in [6, 6.07) is 6.82. The van der Waals surface area contributed by atoms with Crippen LogP contribution in [0.2, 0.25) is 0 Å². The van der Waals surface area contributed by atoms with Crippen LogP contribution in [0.4, 0.5) is 0 Å². The molecule has 1 aromatic carbocycles. The average Bonchev–Trinajstić information content (AvgIpc) is 2.91. The number of carbonyl (C=O) groups excluding carboxylic acids is 1. The van der Waals surface area contributed by atoms with Crippen LogP contribution in [0.25, 0.3) is 0 Å². The fraction of sp³-hybridized carbons (Fsp3) is 0.267. The molecule has 2 aromatic rings. The molecule has 1 aromatic heterocycles. The number of hydrogen-bond acceptors (Lipinski definition) is 5. The molecule has 0 aliphatic heterocycles. The van der Waals surface area contributed by atoms with Gasteiger partial charge in [0.1, 0.15) is 6.61 Å². The van der Waals surface area contributed by atoms with Gasteiger partial charge in [0.05, 0.1) is 14.2 Å². The summed E-state index contributed by atoms with van der Waals surface area (Å²) >= 11 is 3.14. The summed E-state index contributed by atoms with van der Waals surface area (Å²) in [5, 5.41) is 0. The second kappa shape index (κ2) is 6.67. The maximum atomic E-state index is 11.8. The SMILES string of the molecule is COc1cc(C)c(COC(=O)c2ccc(Br)o2)cc1OC. The molecule has 0 saturated carbocycles. The van der Waals surface area contributed by atoms with Crippen molar-refractivity contribution in [1.82, 2.24) is 0 Å². The van der Waals surface area contributed by atoms with E-state index in [1.165, 1.54) is 0 Å². The fourth-order valence-corrected chi connectivity index (χ4v) is 2.12. The summed E-state index contributed by atoms with van der Waals surface area (Å²) in [5.74, 6) is 0.866. The molecule has 0 aliphatic rings. The standard InChI is InChI=1S/C15H15BrO5/c1-9-6-12(18-2)13(19-3)7-10(9)8-20-15(17)11-4-5-14(16)21-11/h4-7H,8H2,1-3H3. The number of furan rings is 1. The predicted octanol–water partition coefficient (Wildman–Crippen LogP) is 3.72. The summed E-state index contributed by atoms with van der Waals surface area (Å²) in [7, 11) is 3.13. The first-order valence-electron chi connectivity index (χ1n) is 6.19. The van der Waals surface area contributed by atoms with Crippen LogP contribution in [-0.2, 0) is 11.3 Å². The molecule has 21 heavy (non-hydrogen) atoms. The van der Waals surface area contributed by atoms with Crippen LogP contribution < -0.4 is 9.47 Å². The zero-order valence-corrected chi connectivity index (χ0v) is 13.5. The molecule has 0 fully saturated rings. The van der Waals surface area contributed by atoms with Crippen molar-refractivity contribution in [3.8, 4) is 11.5 Å². The Morgan fingerprint density at radius 1 is 1.19 bits per heavy atom. The highest BCUT2D eigenvalue weighted by Crippen LogP contribution is 2.30. The maximum absolute atomic E-state index is 11.8. The summed E-state index contributed by atoms with van der Waals surface area (Å²) in [4.78, 5) is 11.8. The zero-order chi connectivity index (χ0) is 15.4. The molecule has 2 rings (SSSR count). The average molecular weight is 355 g/mol. The van der Waals surface area contributed by atoms with Gasteiger partial charge >= 0.3 is 5.97 Å². The molecule has 0 atom stereocenters. The first-order chi connectivity index (χ1) is 10.0. The molecule has 0 radical (unpaired) electrons. The molecule has 6 heteroatoms. The van der Waals surface area contributed by atoms with E-state index in [1.54, 1.807) is 32.4 Å². The van der Waals surface area contributed by atoms with Gasteiger partial charge in [0.15, 0.2) is 16.2 Å². The molecule has 1 heterocycles. The summed E-state index contributed by atoms with van der Waals surface area (Å²) in [6.45, 7) is 2.04. The largest absolute Gasteiger partial charge is 0.493 e. The number of esters is 1. The third-order valence-corrected chi connectivity index (χ3v) is 3.40. The first kappa shape index (κ1) is 15.4. The van der Waals surface area contributed by atoms with Gasteiger partial charge in [0.25, 0.3) is 0 Å². The summed E-state index contributed by atoms with van der Waals surface area (Å²) < 4.78 is 21.3. The minimum absolute atomic E-state index is 0.128. The smallest absolute Gasteiger partial charge is 0.374 e. The van der Waals surface area contributed by atoms with Crippen molar-refractivity contribution in [2.24, 2.45) is 0 Å². The second-order valence-electron chi connectivity index (χ2n) is 4.31. The quantitative estimate of drug-likeness (QED) is 0.765. The molecule has 0 unspecified atom stereocenters. The minimum Gasteiger partial charge on any atom is -0.493 e. The van der Waals surface area contributed by atoms with Gasteiger partial charge in [0.2, 0.25) is 5.76 Å². The Balaban J connectivity index is 2.11. The molecule has 0 saturated heterocycles. The lowest BCUT2D eigenvalue weighted by atomic mass is 10.1. The van der Waals surface area contributed by atoms with Gasteiger partial charge in [-0.05, 0) is 58.2 Å². The van der Waals surface area contributed by atoms with Crippen molar-refractivity contribution in [3.63, 3.8) is 0 Å². The maximum Gasteiger partial charge on any atom is 0.374 e. The van der Waals surface area contributed by atoms with Crippen molar-refractivity contribution >= 4 is 21.9 Å². The number of ether oxygens (including phenoxy) is 3. The Kier molecular flexibility index (Phi) is 4.90. The molecule has 0 aliphatic carbocycles. The van der Waals surface area contributed by atoms with E-state index in [-0.39, 0.29) is 12.4 Å². The van der Waals surface area contributed by atoms with E-state index in [0.29, 0.717) is 16.2 Å². The van der Waals surface area contributed by atoms with Crippen LogP contribution >= 0.6 is 15.9 Å². The van der Waals surface area contributed by atoms with Gasteiger partial charge in [-0.2, -0.15) is 0 Å². The van der Waals surface area contributed by atoms with Crippen molar-refractivity contribution in [2.45, 2.75) is 13.5 Å². The number of hydrogen-bond donors (Lipinski definition) is 0. The van der Waals surface area contributed by atoms with Crippen molar-refractivity contribution in [1.29, 1.82) is 0 Å². The highest BCUT2D eigenvalue weighted by atomic mass is 79.9. The molecule has 0 bridgehead atoms. The van der Waals surface area contributed by atoms with Gasteiger partial charge in [-0.25, -0.2) is 4.79 Å². The van der Waals surface area contributed by atoms with Crippen LogP contribution in [0.3, 0.4) is 0 Å². The van der Waals surface area contributed by atoms with Crippen molar-refractivity contribution in [3.05, 3.63) is 45.8 Å². The van der Waals surface area contributed by atoms with E-state index in [0.717, 1.165) is 11.1 Å². The van der Waals surface area contributed by atoms with Crippen LogP contribution in [0.15, 0.2) is 33.4 Å². The molecule has 0 N–H and O–H groups in total. The molecular weight excluding hydrogens is 340 g/mol. The lowest BCUT2D eigenvalue weighted by Gasteiger charge is -2.12. The molecular formula is C15H15BrO5. The topological polar surface area (TPSA) is 57.9 Å². The molecule has 112 valence electrons. The van der Waals surface area contributed by atoms with Crippen LogP contribution in [0, 0.1) is 6.92 Å². The van der Waals surface area contributed by atoms with Crippen LogP contribution in [0.5, 0.6) is 11.5 Å². The Bertz CT molecular complexity index is 648. The lowest BCUT2D eigenvalue weighted by molar-refractivity contribution is 0.0433. The van der Waals surface area contributed by atoms with Crippen LogP contribution in [0.1, 0.15) is 21.7 Å². The second-order valence-corrected chi connectivity index (χ2v) is 5.10. The highest BCUT2D eigenvalue weighted by molar-refractivity contribution is 9.10. The van der Waals surface area contributed by atoms with E-state index >= 15 is 0 Å². The number of aryl methyl sites for hydroxylation is 1. The lowest BCUT2D eigenvalue weighted by Crippen LogP contribution is -2.05.